The first kappa shape index (κ1) is 13.2. The van der Waals surface area contributed by atoms with Crippen LogP contribution in [0.1, 0.15) is 31.1 Å². The topological polar surface area (TPSA) is 52.6 Å². The summed E-state index contributed by atoms with van der Waals surface area (Å²) < 4.78 is 10.6. The van der Waals surface area contributed by atoms with Crippen molar-refractivity contribution >= 4 is 11.6 Å². The normalized spacial score (nSPS) is 11.8. The fourth-order valence-corrected chi connectivity index (χ4v) is 1.26. The van der Waals surface area contributed by atoms with E-state index in [4.69, 9.17) is 9.47 Å². The first-order valence-corrected chi connectivity index (χ1v) is 5.31. The molecule has 0 fully saturated rings. The van der Waals surface area contributed by atoms with Crippen molar-refractivity contribution < 1.29 is 19.1 Å². The van der Waals surface area contributed by atoms with Gasteiger partial charge < -0.3 is 9.47 Å². The number of Topliss-reactive ketones (excluding diaryl/α,β-unsaturated/α-hetero) is 2. The van der Waals surface area contributed by atoms with Crippen molar-refractivity contribution in [3.05, 3.63) is 23.8 Å². The Bertz CT molecular complexity index is 437. The summed E-state index contributed by atoms with van der Waals surface area (Å²) in [6.45, 7) is 4.61. The molecule has 4 nitrogen and oxygen atoms in total. The molecule has 1 unspecified atom stereocenters. The zero-order valence-electron chi connectivity index (χ0n) is 10.4. The highest BCUT2D eigenvalue weighted by Crippen LogP contribution is 2.29. The minimum absolute atomic E-state index is 0.0468. The van der Waals surface area contributed by atoms with Crippen LogP contribution >= 0.6 is 0 Å². The molecular weight excluding hydrogens is 220 g/mol. The molecule has 0 saturated carbocycles. The Kier molecular flexibility index (Phi) is 4.26. The van der Waals surface area contributed by atoms with Crippen molar-refractivity contribution in [2.45, 2.75) is 26.9 Å². The summed E-state index contributed by atoms with van der Waals surface area (Å²) in [5, 5.41) is 0. The van der Waals surface area contributed by atoms with E-state index in [1.807, 2.05) is 0 Å². The molecule has 0 saturated heterocycles. The van der Waals surface area contributed by atoms with E-state index in [-0.39, 0.29) is 11.6 Å². The molecule has 0 aliphatic carbocycles. The zero-order chi connectivity index (χ0) is 13.0. The van der Waals surface area contributed by atoms with Crippen molar-refractivity contribution in [1.29, 1.82) is 0 Å². The average Bonchev–Trinajstić information content (AvgIpc) is 2.28. The minimum atomic E-state index is -0.535. The van der Waals surface area contributed by atoms with Crippen LogP contribution < -0.4 is 9.47 Å². The highest BCUT2D eigenvalue weighted by atomic mass is 16.5. The summed E-state index contributed by atoms with van der Waals surface area (Å²) in [5.74, 6) is 0.795. The zero-order valence-corrected chi connectivity index (χ0v) is 10.4. The number of hydrogen-bond acceptors (Lipinski definition) is 4. The lowest BCUT2D eigenvalue weighted by Crippen LogP contribution is -2.21. The van der Waals surface area contributed by atoms with E-state index in [9.17, 15) is 9.59 Å². The summed E-state index contributed by atoms with van der Waals surface area (Å²) in [5.41, 5.74) is 0.546. The van der Waals surface area contributed by atoms with Crippen LogP contribution in [0.15, 0.2) is 18.2 Å². The third-order valence-corrected chi connectivity index (χ3v) is 2.45. The van der Waals surface area contributed by atoms with Gasteiger partial charge in [0.25, 0.3) is 0 Å². The maximum atomic E-state index is 11.2. The summed E-state index contributed by atoms with van der Waals surface area (Å²) in [6, 6.07) is 4.88. The first-order chi connectivity index (χ1) is 7.95. The molecule has 0 spiro atoms. The number of rotatable bonds is 5. The van der Waals surface area contributed by atoms with Crippen LogP contribution in [0.2, 0.25) is 0 Å². The number of methoxy groups -OCH3 is 1. The Balaban J connectivity index is 3.00. The Morgan fingerprint density at radius 1 is 1.18 bits per heavy atom. The smallest absolute Gasteiger partial charge is 0.169 e. The largest absolute Gasteiger partial charge is 0.493 e. The van der Waals surface area contributed by atoms with Crippen LogP contribution in [0.4, 0.5) is 0 Å². The maximum Gasteiger partial charge on any atom is 0.169 e. The monoisotopic (exact) mass is 236 g/mol. The van der Waals surface area contributed by atoms with Crippen LogP contribution in [0, 0.1) is 0 Å². The summed E-state index contributed by atoms with van der Waals surface area (Å²) in [7, 11) is 1.49. The standard InChI is InChI=1S/C13H16O4/c1-8(14)10(3)17-12-6-5-11(9(2)15)7-13(12)16-4/h5-7,10H,1-4H3. The molecule has 0 N–H and O–H groups in total. The van der Waals surface area contributed by atoms with E-state index < -0.39 is 6.10 Å². The number of benzene rings is 1. The molecule has 0 radical (unpaired) electrons. The van der Waals surface area contributed by atoms with Gasteiger partial charge in [0.1, 0.15) is 0 Å². The summed E-state index contributed by atoms with van der Waals surface area (Å²) in [4.78, 5) is 22.3. The number of ether oxygens (including phenoxy) is 2. The lowest BCUT2D eigenvalue weighted by Gasteiger charge is -2.15. The van der Waals surface area contributed by atoms with Gasteiger partial charge in [0.05, 0.1) is 7.11 Å². The Morgan fingerprint density at radius 3 is 2.29 bits per heavy atom. The fraction of sp³-hybridized carbons (Fsp3) is 0.385. The lowest BCUT2D eigenvalue weighted by molar-refractivity contribution is -0.122. The van der Waals surface area contributed by atoms with Crippen molar-refractivity contribution in [2.75, 3.05) is 7.11 Å². The van der Waals surface area contributed by atoms with Gasteiger partial charge in [-0.1, -0.05) is 0 Å². The van der Waals surface area contributed by atoms with Crippen molar-refractivity contribution in [2.24, 2.45) is 0 Å². The molecule has 0 aliphatic rings. The van der Waals surface area contributed by atoms with Crippen molar-refractivity contribution in [3.8, 4) is 11.5 Å². The predicted octanol–water partition coefficient (Wildman–Crippen LogP) is 2.25. The number of carbonyl (C=O) groups excluding carboxylic acids is 2. The third-order valence-electron chi connectivity index (χ3n) is 2.45. The molecule has 4 heteroatoms. The van der Waals surface area contributed by atoms with Gasteiger partial charge in [-0.3, -0.25) is 9.59 Å². The molecular formula is C13H16O4. The average molecular weight is 236 g/mol. The molecule has 0 amide bonds. The molecule has 0 heterocycles. The molecule has 1 rings (SSSR count). The van der Waals surface area contributed by atoms with Gasteiger partial charge in [-0.15, -0.1) is 0 Å². The van der Waals surface area contributed by atoms with E-state index >= 15 is 0 Å². The highest BCUT2D eigenvalue weighted by Gasteiger charge is 2.14. The second-order valence-electron chi connectivity index (χ2n) is 3.79. The molecule has 1 atom stereocenters. The molecule has 0 aliphatic heterocycles. The van der Waals surface area contributed by atoms with Gasteiger partial charge in [-0.05, 0) is 39.0 Å². The van der Waals surface area contributed by atoms with Crippen LogP contribution in [-0.2, 0) is 4.79 Å². The SMILES string of the molecule is COc1cc(C(C)=O)ccc1OC(C)C(C)=O. The fourth-order valence-electron chi connectivity index (χ4n) is 1.26. The van der Waals surface area contributed by atoms with E-state index in [0.29, 0.717) is 17.1 Å². The second-order valence-corrected chi connectivity index (χ2v) is 3.79. The summed E-state index contributed by atoms with van der Waals surface area (Å²) >= 11 is 0. The van der Waals surface area contributed by atoms with Gasteiger partial charge in [-0.25, -0.2) is 0 Å². The predicted molar refractivity (Wildman–Crippen MR) is 63.8 cm³/mol. The van der Waals surface area contributed by atoms with Crippen molar-refractivity contribution in [1.82, 2.24) is 0 Å². The van der Waals surface area contributed by atoms with E-state index in [1.165, 1.54) is 21.0 Å². The van der Waals surface area contributed by atoms with E-state index in [0.717, 1.165) is 0 Å². The Morgan fingerprint density at radius 2 is 1.82 bits per heavy atom. The maximum absolute atomic E-state index is 11.2. The Hall–Kier alpha value is -1.84. The van der Waals surface area contributed by atoms with E-state index in [2.05, 4.69) is 0 Å². The van der Waals surface area contributed by atoms with Crippen LogP contribution in [0.3, 0.4) is 0 Å². The number of ketones is 2. The molecule has 0 aromatic heterocycles. The van der Waals surface area contributed by atoms with Crippen molar-refractivity contribution in [3.63, 3.8) is 0 Å². The molecule has 17 heavy (non-hydrogen) atoms. The van der Waals surface area contributed by atoms with Crippen LogP contribution in [0.5, 0.6) is 11.5 Å². The first-order valence-electron chi connectivity index (χ1n) is 5.31. The van der Waals surface area contributed by atoms with Crippen LogP contribution in [-0.4, -0.2) is 24.8 Å². The van der Waals surface area contributed by atoms with Crippen LogP contribution in [0.25, 0.3) is 0 Å². The van der Waals surface area contributed by atoms with Gasteiger partial charge in [0.2, 0.25) is 0 Å². The molecule has 92 valence electrons. The third kappa shape index (κ3) is 3.31. The molecule has 1 aromatic carbocycles. The number of hydrogen-bond donors (Lipinski definition) is 0. The molecule has 0 bridgehead atoms. The lowest BCUT2D eigenvalue weighted by atomic mass is 10.1. The van der Waals surface area contributed by atoms with Gasteiger partial charge in [0.15, 0.2) is 29.2 Å². The van der Waals surface area contributed by atoms with Gasteiger partial charge >= 0.3 is 0 Å². The molecule has 1 aromatic rings. The number of carbonyl (C=O) groups is 2. The Labute approximate surface area is 101 Å². The summed E-state index contributed by atoms with van der Waals surface area (Å²) in [6.07, 6.45) is -0.535. The van der Waals surface area contributed by atoms with Gasteiger partial charge in [0, 0.05) is 5.56 Å². The quantitative estimate of drug-likeness (QED) is 0.736. The highest BCUT2D eigenvalue weighted by molar-refractivity contribution is 5.94. The van der Waals surface area contributed by atoms with E-state index in [1.54, 1.807) is 25.1 Å². The second kappa shape index (κ2) is 5.48. The minimum Gasteiger partial charge on any atom is -0.493 e. The van der Waals surface area contributed by atoms with Gasteiger partial charge in [-0.2, -0.15) is 0 Å².